The van der Waals surface area contributed by atoms with Gasteiger partial charge in [-0.15, -0.1) is 0 Å². The number of nitrogens with zero attached hydrogens (tertiary/aromatic N) is 2. The number of unbranched alkanes of at least 4 members (excludes halogenated alkanes) is 1. The van der Waals surface area contributed by atoms with Crippen molar-refractivity contribution in [2.75, 3.05) is 26.2 Å². The summed E-state index contributed by atoms with van der Waals surface area (Å²) >= 11 is 6.51. The zero-order chi connectivity index (χ0) is 23.1. The molecule has 1 aliphatic heterocycles. The van der Waals surface area contributed by atoms with Crippen molar-refractivity contribution in [1.82, 2.24) is 10.2 Å². The second-order valence-corrected chi connectivity index (χ2v) is 8.28. The molecule has 0 spiro atoms. The first-order valence-electron chi connectivity index (χ1n) is 11.7. The average molecular weight is 444 g/mol. The van der Waals surface area contributed by atoms with Crippen molar-refractivity contribution in [3.63, 3.8) is 0 Å². The molecule has 0 aromatic heterocycles. The van der Waals surface area contributed by atoms with Crippen molar-refractivity contribution in [1.29, 1.82) is 0 Å². The highest BCUT2D eigenvalue weighted by Crippen LogP contribution is 2.24. The minimum atomic E-state index is 0.730. The van der Waals surface area contributed by atoms with Crippen LogP contribution in [-0.4, -0.2) is 36.8 Å². The molecule has 1 rings (SSSR count). The van der Waals surface area contributed by atoms with Crippen LogP contribution in [0.5, 0.6) is 0 Å². The molecule has 4 heteroatoms. The molecule has 0 aliphatic carbocycles. The fourth-order valence-corrected chi connectivity index (χ4v) is 3.61. The zero-order valence-corrected chi connectivity index (χ0v) is 21.2. The van der Waals surface area contributed by atoms with Crippen LogP contribution in [-0.2, 0) is 0 Å². The molecule has 31 heavy (non-hydrogen) atoms. The number of halogens is 1. The summed E-state index contributed by atoms with van der Waals surface area (Å²) in [6.07, 6.45) is 18.6. The standard InChI is InChI=1S/C27H42ClN3/c1-7-10-13-14-25(28)21-22(4)26(15-11-8-2)27(30-16-12-9-3)23(5)24(6)31-19-17-29-18-20-31/h10,12-16,21,29H,7-9,11,17-20H2,1-6H3/b13-10+,16-12+,22-21+,24-23+,25-14+,26-15-,30-27+. The Bertz CT molecular complexity index is 757. The van der Waals surface area contributed by atoms with Gasteiger partial charge in [-0.05, 0) is 68.9 Å². The third-order valence-corrected chi connectivity index (χ3v) is 5.57. The number of nitrogens with one attached hydrogen (secondary N) is 1. The molecule has 1 N–H and O–H groups in total. The van der Waals surface area contributed by atoms with Crippen molar-refractivity contribution in [2.45, 2.75) is 67.2 Å². The Kier molecular flexibility index (Phi) is 13.9. The summed E-state index contributed by atoms with van der Waals surface area (Å²) in [5.41, 5.74) is 5.87. The van der Waals surface area contributed by atoms with Gasteiger partial charge in [-0.2, -0.15) is 0 Å². The zero-order valence-electron chi connectivity index (χ0n) is 20.5. The molecule has 0 aromatic rings. The molecule has 1 fully saturated rings. The summed E-state index contributed by atoms with van der Waals surface area (Å²) in [4.78, 5) is 7.40. The average Bonchev–Trinajstić information content (AvgIpc) is 2.78. The van der Waals surface area contributed by atoms with E-state index in [2.05, 4.69) is 76.1 Å². The molecule has 1 heterocycles. The monoisotopic (exact) mass is 443 g/mol. The van der Waals surface area contributed by atoms with Gasteiger partial charge in [-0.3, -0.25) is 4.99 Å². The van der Waals surface area contributed by atoms with E-state index in [-0.39, 0.29) is 0 Å². The van der Waals surface area contributed by atoms with E-state index in [0.29, 0.717) is 0 Å². The fourth-order valence-electron chi connectivity index (χ4n) is 3.37. The minimum absolute atomic E-state index is 0.730. The molecule has 1 saturated heterocycles. The van der Waals surface area contributed by atoms with Crippen molar-refractivity contribution in [2.24, 2.45) is 4.99 Å². The SMILES string of the molecule is CC/C=C/C=C(Cl)\C=C(C)\C(=C\CCC)C(=N/C=C/CC)/C(C)=C(\C)N1CCNCC1. The fraction of sp³-hybridized carbons (Fsp3) is 0.519. The van der Waals surface area contributed by atoms with E-state index < -0.39 is 0 Å². The van der Waals surface area contributed by atoms with Crippen molar-refractivity contribution in [3.05, 3.63) is 70.1 Å². The molecule has 0 aromatic carbocycles. The first-order chi connectivity index (χ1) is 15.0. The van der Waals surface area contributed by atoms with Gasteiger partial charge in [0, 0.05) is 43.1 Å². The van der Waals surface area contributed by atoms with Crippen molar-refractivity contribution in [3.8, 4) is 0 Å². The number of rotatable bonds is 11. The van der Waals surface area contributed by atoms with Crippen LogP contribution in [0, 0.1) is 0 Å². The number of hydrogen-bond donors (Lipinski definition) is 1. The number of hydrogen-bond acceptors (Lipinski definition) is 3. The molecule has 0 atom stereocenters. The van der Waals surface area contributed by atoms with Gasteiger partial charge in [0.2, 0.25) is 0 Å². The third kappa shape index (κ3) is 9.88. The van der Waals surface area contributed by atoms with Gasteiger partial charge in [-0.25, -0.2) is 0 Å². The second kappa shape index (κ2) is 15.9. The lowest BCUT2D eigenvalue weighted by molar-refractivity contribution is 0.298. The maximum absolute atomic E-state index is 6.51. The summed E-state index contributed by atoms with van der Waals surface area (Å²) in [5, 5.41) is 4.17. The van der Waals surface area contributed by atoms with Gasteiger partial charge in [0.05, 0.1) is 5.71 Å². The molecule has 0 bridgehead atoms. The van der Waals surface area contributed by atoms with Crippen molar-refractivity contribution >= 4 is 17.3 Å². The first-order valence-corrected chi connectivity index (χ1v) is 12.1. The van der Waals surface area contributed by atoms with E-state index in [0.717, 1.165) is 68.2 Å². The Morgan fingerprint density at radius 3 is 2.32 bits per heavy atom. The highest BCUT2D eigenvalue weighted by molar-refractivity contribution is 6.31. The van der Waals surface area contributed by atoms with Gasteiger partial charge >= 0.3 is 0 Å². The van der Waals surface area contributed by atoms with Crippen LogP contribution in [0.15, 0.2) is 75.1 Å². The van der Waals surface area contributed by atoms with Gasteiger partial charge in [-0.1, -0.05) is 63.1 Å². The molecule has 1 aliphatic rings. The number of piperazine rings is 1. The van der Waals surface area contributed by atoms with Crippen LogP contribution in [0.2, 0.25) is 0 Å². The molecular formula is C27H42ClN3. The van der Waals surface area contributed by atoms with Crippen molar-refractivity contribution < 1.29 is 0 Å². The number of aliphatic imine (C=N–C) groups is 1. The Balaban J connectivity index is 3.46. The molecule has 0 saturated carbocycles. The highest BCUT2D eigenvalue weighted by atomic mass is 35.5. The summed E-state index contributed by atoms with van der Waals surface area (Å²) in [5.74, 6) is 0. The molecule has 3 nitrogen and oxygen atoms in total. The van der Waals surface area contributed by atoms with E-state index >= 15 is 0 Å². The predicted octanol–water partition coefficient (Wildman–Crippen LogP) is 7.31. The van der Waals surface area contributed by atoms with Gasteiger partial charge in [0.25, 0.3) is 0 Å². The lowest BCUT2D eigenvalue weighted by Crippen LogP contribution is -2.42. The van der Waals surface area contributed by atoms with Gasteiger partial charge in [0.15, 0.2) is 0 Å². The van der Waals surface area contributed by atoms with Crippen LogP contribution >= 0.6 is 11.6 Å². The van der Waals surface area contributed by atoms with Crippen LogP contribution in [0.4, 0.5) is 0 Å². The predicted molar refractivity (Wildman–Crippen MR) is 140 cm³/mol. The maximum atomic E-state index is 6.51. The summed E-state index contributed by atoms with van der Waals surface area (Å²) < 4.78 is 0. The molecule has 0 amide bonds. The van der Waals surface area contributed by atoms with Crippen LogP contribution in [0.25, 0.3) is 0 Å². The van der Waals surface area contributed by atoms with E-state index in [9.17, 15) is 0 Å². The van der Waals surface area contributed by atoms with E-state index in [1.165, 1.54) is 16.8 Å². The molecule has 172 valence electrons. The Hall–Kier alpha value is -1.84. The van der Waals surface area contributed by atoms with E-state index in [4.69, 9.17) is 16.6 Å². The molecular weight excluding hydrogens is 402 g/mol. The Morgan fingerprint density at radius 2 is 1.71 bits per heavy atom. The Labute approximate surface area is 196 Å². The largest absolute Gasteiger partial charge is 0.372 e. The molecule has 0 radical (unpaired) electrons. The minimum Gasteiger partial charge on any atom is -0.372 e. The third-order valence-electron chi connectivity index (χ3n) is 5.33. The maximum Gasteiger partial charge on any atom is 0.0747 e. The van der Waals surface area contributed by atoms with Crippen LogP contribution < -0.4 is 5.32 Å². The van der Waals surface area contributed by atoms with Crippen LogP contribution in [0.3, 0.4) is 0 Å². The summed E-state index contributed by atoms with van der Waals surface area (Å²) in [6, 6.07) is 0. The van der Waals surface area contributed by atoms with E-state index in [1.54, 1.807) is 0 Å². The topological polar surface area (TPSA) is 27.6 Å². The summed E-state index contributed by atoms with van der Waals surface area (Å²) in [7, 11) is 0. The molecule has 0 unspecified atom stereocenters. The normalized spacial score (nSPS) is 18.4. The second-order valence-electron chi connectivity index (χ2n) is 7.84. The van der Waals surface area contributed by atoms with E-state index in [1.807, 2.05) is 18.4 Å². The number of allylic oxidation sites excluding steroid dienone is 11. The lowest BCUT2D eigenvalue weighted by Gasteiger charge is -2.31. The quantitative estimate of drug-likeness (QED) is 0.267. The Morgan fingerprint density at radius 1 is 1.03 bits per heavy atom. The highest BCUT2D eigenvalue weighted by Gasteiger charge is 2.18. The first kappa shape index (κ1) is 27.2. The van der Waals surface area contributed by atoms with Gasteiger partial charge in [0.1, 0.15) is 0 Å². The smallest absolute Gasteiger partial charge is 0.0747 e. The van der Waals surface area contributed by atoms with Crippen LogP contribution in [0.1, 0.15) is 67.2 Å². The lowest BCUT2D eigenvalue weighted by atomic mass is 9.94. The summed E-state index contributed by atoms with van der Waals surface area (Å²) in [6.45, 7) is 17.1. The van der Waals surface area contributed by atoms with Gasteiger partial charge < -0.3 is 10.2 Å².